The molecule has 0 aliphatic carbocycles. The van der Waals surface area contributed by atoms with Gasteiger partial charge in [0.25, 0.3) is 5.91 Å². The molecule has 2 aromatic heterocycles. The van der Waals surface area contributed by atoms with Crippen LogP contribution in [0.4, 0.5) is 0 Å². The molecule has 32 heavy (non-hydrogen) atoms. The van der Waals surface area contributed by atoms with E-state index in [9.17, 15) is 9.59 Å². The van der Waals surface area contributed by atoms with Crippen LogP contribution in [0, 0.1) is 0 Å². The monoisotopic (exact) mass is 451 g/mol. The zero-order chi connectivity index (χ0) is 22.3. The molecule has 3 heterocycles. The minimum atomic E-state index is -0.317. The van der Waals surface area contributed by atoms with Crippen molar-refractivity contribution in [3.8, 4) is 5.75 Å². The summed E-state index contributed by atoms with van der Waals surface area (Å²) in [5, 5.41) is 3.66. The fourth-order valence-corrected chi connectivity index (χ4v) is 4.24. The van der Waals surface area contributed by atoms with E-state index in [1.165, 1.54) is 11.3 Å². The SMILES string of the molecule is COc1ccc(CN2CC(OCc3cccnc3)CN(C(=O)c3ccsc3)CC2=O)cc1. The van der Waals surface area contributed by atoms with Crippen molar-refractivity contribution >= 4 is 23.2 Å². The lowest BCUT2D eigenvalue weighted by molar-refractivity contribution is -0.132. The van der Waals surface area contributed by atoms with E-state index in [-0.39, 0.29) is 24.5 Å². The molecule has 8 heteroatoms. The number of hydrogen-bond acceptors (Lipinski definition) is 6. The minimum absolute atomic E-state index is 0.0254. The molecule has 1 fully saturated rings. The fraction of sp³-hybridized carbons (Fsp3) is 0.292. The molecule has 1 saturated heterocycles. The smallest absolute Gasteiger partial charge is 0.255 e. The van der Waals surface area contributed by atoms with Crippen LogP contribution >= 0.6 is 11.3 Å². The Kier molecular flexibility index (Phi) is 7.14. The van der Waals surface area contributed by atoms with E-state index in [2.05, 4.69) is 4.98 Å². The number of carbonyl (C=O) groups is 2. The number of thiophene rings is 1. The van der Waals surface area contributed by atoms with Crippen LogP contribution < -0.4 is 4.74 Å². The van der Waals surface area contributed by atoms with Crippen molar-refractivity contribution in [1.82, 2.24) is 14.8 Å². The fourth-order valence-electron chi connectivity index (χ4n) is 3.61. The molecule has 2 amide bonds. The number of pyridine rings is 1. The zero-order valence-corrected chi connectivity index (χ0v) is 18.7. The molecule has 0 radical (unpaired) electrons. The van der Waals surface area contributed by atoms with E-state index in [1.54, 1.807) is 40.7 Å². The second-order valence-corrected chi connectivity index (χ2v) is 8.39. The second-order valence-electron chi connectivity index (χ2n) is 7.61. The summed E-state index contributed by atoms with van der Waals surface area (Å²) in [6.45, 7) is 1.58. The van der Waals surface area contributed by atoms with Gasteiger partial charge in [0.1, 0.15) is 12.3 Å². The Bertz CT molecular complexity index is 1030. The molecule has 166 valence electrons. The minimum Gasteiger partial charge on any atom is -0.497 e. The van der Waals surface area contributed by atoms with Crippen molar-refractivity contribution < 1.29 is 19.1 Å². The quantitative estimate of drug-likeness (QED) is 0.552. The molecule has 0 spiro atoms. The highest BCUT2D eigenvalue weighted by Gasteiger charge is 2.31. The van der Waals surface area contributed by atoms with Crippen LogP contribution in [-0.4, -0.2) is 59.4 Å². The third-order valence-electron chi connectivity index (χ3n) is 5.32. The van der Waals surface area contributed by atoms with Gasteiger partial charge in [-0.3, -0.25) is 14.6 Å². The number of aromatic nitrogens is 1. The average Bonchev–Trinajstić information content (AvgIpc) is 3.32. The lowest BCUT2D eigenvalue weighted by atomic mass is 10.2. The van der Waals surface area contributed by atoms with Gasteiger partial charge in [0, 0.05) is 37.4 Å². The maximum absolute atomic E-state index is 13.1. The molecule has 7 nitrogen and oxygen atoms in total. The van der Waals surface area contributed by atoms with Gasteiger partial charge in [0.05, 0.1) is 25.4 Å². The summed E-state index contributed by atoms with van der Waals surface area (Å²) in [7, 11) is 1.62. The third kappa shape index (κ3) is 5.52. The summed E-state index contributed by atoms with van der Waals surface area (Å²) in [6, 6.07) is 13.2. The van der Waals surface area contributed by atoms with Crippen molar-refractivity contribution in [1.29, 1.82) is 0 Å². The number of rotatable bonds is 7. The number of hydrogen-bond donors (Lipinski definition) is 0. The van der Waals surface area contributed by atoms with Gasteiger partial charge in [0.2, 0.25) is 5.91 Å². The first-order valence-corrected chi connectivity index (χ1v) is 11.3. The Hall–Kier alpha value is -3.23. The first-order chi connectivity index (χ1) is 15.6. The number of carbonyl (C=O) groups excluding carboxylic acids is 2. The summed E-state index contributed by atoms with van der Waals surface area (Å²) < 4.78 is 11.4. The average molecular weight is 452 g/mol. The van der Waals surface area contributed by atoms with Crippen molar-refractivity contribution in [3.63, 3.8) is 0 Å². The van der Waals surface area contributed by atoms with Gasteiger partial charge in [-0.15, -0.1) is 0 Å². The highest BCUT2D eigenvalue weighted by atomic mass is 32.1. The molecular weight excluding hydrogens is 426 g/mol. The van der Waals surface area contributed by atoms with Gasteiger partial charge in [-0.1, -0.05) is 18.2 Å². The van der Waals surface area contributed by atoms with E-state index in [0.717, 1.165) is 16.9 Å². The van der Waals surface area contributed by atoms with E-state index >= 15 is 0 Å². The third-order valence-corrected chi connectivity index (χ3v) is 6.01. The number of methoxy groups -OCH3 is 1. The zero-order valence-electron chi connectivity index (χ0n) is 17.8. The van der Waals surface area contributed by atoms with Crippen LogP contribution in [0.1, 0.15) is 21.5 Å². The van der Waals surface area contributed by atoms with Crippen molar-refractivity contribution in [2.75, 3.05) is 26.7 Å². The lowest BCUT2D eigenvalue weighted by Gasteiger charge is -2.25. The van der Waals surface area contributed by atoms with Crippen molar-refractivity contribution in [2.45, 2.75) is 19.3 Å². The predicted molar refractivity (Wildman–Crippen MR) is 121 cm³/mol. The first-order valence-electron chi connectivity index (χ1n) is 10.3. The van der Waals surface area contributed by atoms with Crippen molar-refractivity contribution in [3.05, 3.63) is 82.3 Å². The van der Waals surface area contributed by atoms with Gasteiger partial charge < -0.3 is 19.3 Å². The summed E-state index contributed by atoms with van der Waals surface area (Å²) >= 11 is 1.46. The molecule has 0 bridgehead atoms. The number of amides is 2. The largest absolute Gasteiger partial charge is 0.497 e. The molecule has 4 rings (SSSR count). The lowest BCUT2D eigenvalue weighted by Crippen LogP contribution is -2.39. The topological polar surface area (TPSA) is 72.0 Å². The van der Waals surface area contributed by atoms with E-state index in [4.69, 9.17) is 9.47 Å². The highest BCUT2D eigenvalue weighted by Crippen LogP contribution is 2.18. The van der Waals surface area contributed by atoms with Crippen LogP contribution in [0.2, 0.25) is 0 Å². The van der Waals surface area contributed by atoms with Crippen LogP contribution in [0.5, 0.6) is 5.75 Å². The first kappa shape index (κ1) is 22.0. The highest BCUT2D eigenvalue weighted by molar-refractivity contribution is 7.08. The van der Waals surface area contributed by atoms with Crippen LogP contribution in [0.25, 0.3) is 0 Å². The Labute approximate surface area is 191 Å². The van der Waals surface area contributed by atoms with E-state index in [0.29, 0.717) is 31.8 Å². The normalized spacial score (nSPS) is 16.7. The summed E-state index contributed by atoms with van der Waals surface area (Å²) in [6.07, 6.45) is 3.15. The molecule has 0 N–H and O–H groups in total. The van der Waals surface area contributed by atoms with Gasteiger partial charge in [-0.2, -0.15) is 11.3 Å². The number of nitrogens with zero attached hydrogens (tertiary/aromatic N) is 3. The standard InChI is InChI=1S/C24H25N3O4S/c1-30-21-6-4-18(5-7-21)12-26-13-22(31-16-19-3-2-9-25-11-19)14-27(15-23(26)28)24(29)20-8-10-32-17-20/h2-11,17,22H,12-16H2,1H3. The summed E-state index contributed by atoms with van der Waals surface area (Å²) in [5.41, 5.74) is 2.53. The molecule has 1 unspecified atom stereocenters. The molecule has 1 atom stereocenters. The Morgan fingerprint density at radius 3 is 2.69 bits per heavy atom. The van der Waals surface area contributed by atoms with Crippen molar-refractivity contribution in [2.24, 2.45) is 0 Å². The Balaban J connectivity index is 1.51. The summed E-state index contributed by atoms with van der Waals surface area (Å²) in [5.74, 6) is 0.513. The molecular formula is C24H25N3O4S. The molecule has 1 aliphatic rings. The molecule has 1 aliphatic heterocycles. The van der Waals surface area contributed by atoms with Gasteiger partial charge >= 0.3 is 0 Å². The van der Waals surface area contributed by atoms with Gasteiger partial charge in [0.15, 0.2) is 0 Å². The van der Waals surface area contributed by atoms with Gasteiger partial charge in [-0.05, 0) is 40.8 Å². The number of benzene rings is 1. The molecule has 0 saturated carbocycles. The second kappa shape index (κ2) is 10.4. The summed E-state index contributed by atoms with van der Waals surface area (Å²) in [4.78, 5) is 33.6. The van der Waals surface area contributed by atoms with E-state index in [1.807, 2.05) is 41.8 Å². The van der Waals surface area contributed by atoms with Crippen LogP contribution in [-0.2, 0) is 22.7 Å². The Morgan fingerprint density at radius 1 is 1.16 bits per heavy atom. The Morgan fingerprint density at radius 2 is 2.00 bits per heavy atom. The molecule has 1 aromatic carbocycles. The van der Waals surface area contributed by atoms with Crippen LogP contribution in [0.15, 0.2) is 65.6 Å². The maximum Gasteiger partial charge on any atom is 0.255 e. The van der Waals surface area contributed by atoms with Crippen LogP contribution in [0.3, 0.4) is 0 Å². The number of ether oxygens (including phenoxy) is 2. The maximum atomic E-state index is 13.1. The molecule has 3 aromatic rings. The van der Waals surface area contributed by atoms with E-state index < -0.39 is 0 Å². The predicted octanol–water partition coefficient (Wildman–Crippen LogP) is 3.22. The van der Waals surface area contributed by atoms with Gasteiger partial charge in [-0.25, -0.2) is 0 Å².